The van der Waals surface area contributed by atoms with Gasteiger partial charge in [0.1, 0.15) is 0 Å². The molecule has 25 heavy (non-hydrogen) atoms. The number of Topliss-reactive ketones (excluding diaryl/α,β-unsaturated/α-hetero) is 1. The van der Waals surface area contributed by atoms with E-state index in [0.717, 1.165) is 44.3 Å². The van der Waals surface area contributed by atoms with Gasteiger partial charge in [0.25, 0.3) is 0 Å². The van der Waals surface area contributed by atoms with Crippen LogP contribution in [-0.4, -0.2) is 42.3 Å². The third-order valence-corrected chi connectivity index (χ3v) is 5.60. The number of carbonyl (C=O) groups excluding carboxylic acids is 2. The van der Waals surface area contributed by atoms with Gasteiger partial charge >= 0.3 is 0 Å². The summed E-state index contributed by atoms with van der Waals surface area (Å²) in [5.74, 6) is 0.506. The molecule has 2 fully saturated rings. The first-order valence-corrected chi connectivity index (χ1v) is 9.83. The van der Waals surface area contributed by atoms with Crippen molar-refractivity contribution in [3.8, 4) is 0 Å². The summed E-state index contributed by atoms with van der Waals surface area (Å²) in [6.45, 7) is 2.14. The summed E-state index contributed by atoms with van der Waals surface area (Å²) in [5.41, 5.74) is 0.812. The third-order valence-electron chi connectivity index (χ3n) is 5.60. The van der Waals surface area contributed by atoms with Gasteiger partial charge in [-0.3, -0.25) is 14.5 Å². The fourth-order valence-electron chi connectivity index (χ4n) is 4.09. The van der Waals surface area contributed by atoms with Gasteiger partial charge < -0.3 is 5.32 Å². The van der Waals surface area contributed by atoms with Crippen LogP contribution in [0.3, 0.4) is 0 Å². The molecule has 4 nitrogen and oxygen atoms in total. The molecule has 0 aromatic heterocycles. The predicted molar refractivity (Wildman–Crippen MR) is 99.6 cm³/mol. The lowest BCUT2D eigenvalue weighted by Gasteiger charge is -2.31. The molecule has 1 N–H and O–H groups in total. The van der Waals surface area contributed by atoms with Crippen molar-refractivity contribution in [3.63, 3.8) is 0 Å². The lowest BCUT2D eigenvalue weighted by atomic mass is 9.89. The van der Waals surface area contributed by atoms with Crippen LogP contribution < -0.4 is 5.32 Å². The van der Waals surface area contributed by atoms with E-state index in [1.54, 1.807) is 0 Å². The molecule has 3 rings (SSSR count). The van der Waals surface area contributed by atoms with E-state index in [1.807, 2.05) is 30.3 Å². The predicted octanol–water partition coefficient (Wildman–Crippen LogP) is 3.42. The van der Waals surface area contributed by atoms with Crippen molar-refractivity contribution < 1.29 is 9.59 Å². The second-order valence-electron chi connectivity index (χ2n) is 7.54. The van der Waals surface area contributed by atoms with Crippen molar-refractivity contribution in [3.05, 3.63) is 35.9 Å². The van der Waals surface area contributed by atoms with Gasteiger partial charge in [-0.2, -0.15) is 0 Å². The van der Waals surface area contributed by atoms with E-state index in [1.165, 1.54) is 25.7 Å². The summed E-state index contributed by atoms with van der Waals surface area (Å²) in [4.78, 5) is 27.0. The molecule has 0 atom stereocenters. The maximum Gasteiger partial charge on any atom is 0.234 e. The van der Waals surface area contributed by atoms with Crippen molar-refractivity contribution in [2.24, 2.45) is 5.92 Å². The zero-order valence-corrected chi connectivity index (χ0v) is 15.1. The number of carbonyl (C=O) groups is 2. The molecule has 1 amide bonds. The Balaban J connectivity index is 1.41. The first-order valence-electron chi connectivity index (χ1n) is 9.83. The number of hydrogen-bond donors (Lipinski definition) is 1. The SMILES string of the molecule is O=C(CN1CCC(C(=O)c2ccccc2)CC1)NC1CCCCCC1. The number of likely N-dealkylation sites (tertiary alicyclic amines) is 1. The summed E-state index contributed by atoms with van der Waals surface area (Å²) in [6, 6.07) is 9.93. The zero-order chi connectivity index (χ0) is 17.5. The summed E-state index contributed by atoms with van der Waals surface area (Å²) >= 11 is 0. The lowest BCUT2D eigenvalue weighted by molar-refractivity contribution is -0.123. The highest BCUT2D eigenvalue weighted by Crippen LogP contribution is 2.22. The van der Waals surface area contributed by atoms with Crippen LogP contribution in [-0.2, 0) is 4.79 Å². The molecular weight excluding hydrogens is 312 g/mol. The van der Waals surface area contributed by atoms with E-state index in [-0.39, 0.29) is 17.6 Å². The van der Waals surface area contributed by atoms with Gasteiger partial charge in [0.15, 0.2) is 5.78 Å². The Hall–Kier alpha value is -1.68. The molecule has 0 radical (unpaired) electrons. The largest absolute Gasteiger partial charge is 0.352 e. The topological polar surface area (TPSA) is 49.4 Å². The molecule has 0 unspecified atom stereocenters. The van der Waals surface area contributed by atoms with Gasteiger partial charge in [0.05, 0.1) is 6.54 Å². The van der Waals surface area contributed by atoms with E-state index < -0.39 is 0 Å². The fourth-order valence-corrected chi connectivity index (χ4v) is 4.09. The van der Waals surface area contributed by atoms with Gasteiger partial charge in [-0.1, -0.05) is 56.0 Å². The van der Waals surface area contributed by atoms with Gasteiger partial charge in [-0.15, -0.1) is 0 Å². The average molecular weight is 342 g/mol. The number of nitrogens with one attached hydrogen (secondary N) is 1. The van der Waals surface area contributed by atoms with E-state index in [2.05, 4.69) is 10.2 Å². The van der Waals surface area contributed by atoms with Crippen LogP contribution in [0.15, 0.2) is 30.3 Å². The van der Waals surface area contributed by atoms with Gasteiger partial charge in [0.2, 0.25) is 5.91 Å². The number of ketones is 1. The van der Waals surface area contributed by atoms with Crippen molar-refractivity contribution in [2.45, 2.75) is 57.4 Å². The zero-order valence-electron chi connectivity index (χ0n) is 15.1. The van der Waals surface area contributed by atoms with Crippen LogP contribution in [0.2, 0.25) is 0 Å². The Morgan fingerprint density at radius 3 is 2.20 bits per heavy atom. The number of hydrogen-bond acceptors (Lipinski definition) is 3. The van der Waals surface area contributed by atoms with E-state index in [0.29, 0.717) is 12.6 Å². The van der Waals surface area contributed by atoms with Gasteiger partial charge in [-0.05, 0) is 38.8 Å². The number of amides is 1. The molecule has 1 aromatic rings. The van der Waals surface area contributed by atoms with Crippen LogP contribution in [0.1, 0.15) is 61.7 Å². The maximum absolute atomic E-state index is 12.5. The molecule has 1 aliphatic heterocycles. The van der Waals surface area contributed by atoms with Crippen molar-refractivity contribution in [2.75, 3.05) is 19.6 Å². The van der Waals surface area contributed by atoms with Gasteiger partial charge in [0, 0.05) is 17.5 Å². The summed E-state index contributed by atoms with van der Waals surface area (Å²) in [5, 5.41) is 3.22. The van der Waals surface area contributed by atoms with Crippen LogP contribution in [0.25, 0.3) is 0 Å². The van der Waals surface area contributed by atoms with Crippen LogP contribution in [0, 0.1) is 5.92 Å². The Labute approximate surface area is 151 Å². The maximum atomic E-state index is 12.5. The monoisotopic (exact) mass is 342 g/mol. The second kappa shape index (κ2) is 9.14. The smallest absolute Gasteiger partial charge is 0.234 e. The molecule has 0 spiro atoms. The highest BCUT2D eigenvalue weighted by molar-refractivity contribution is 5.97. The third kappa shape index (κ3) is 5.40. The van der Waals surface area contributed by atoms with E-state index in [9.17, 15) is 9.59 Å². The van der Waals surface area contributed by atoms with Gasteiger partial charge in [-0.25, -0.2) is 0 Å². The standard InChI is InChI=1S/C21H30N2O2/c24-20(22-19-10-6-1-2-7-11-19)16-23-14-12-18(13-15-23)21(25)17-8-4-3-5-9-17/h3-5,8-9,18-19H,1-2,6-7,10-16H2,(H,22,24). The molecule has 1 heterocycles. The Morgan fingerprint density at radius 1 is 0.920 bits per heavy atom. The number of piperidine rings is 1. The van der Waals surface area contributed by atoms with E-state index in [4.69, 9.17) is 0 Å². The first-order chi connectivity index (χ1) is 12.2. The van der Waals surface area contributed by atoms with Crippen molar-refractivity contribution in [1.82, 2.24) is 10.2 Å². The van der Waals surface area contributed by atoms with Crippen LogP contribution in [0.5, 0.6) is 0 Å². The Bertz CT molecular complexity index is 557. The molecule has 1 aliphatic carbocycles. The first kappa shape index (κ1) is 18.1. The summed E-state index contributed by atoms with van der Waals surface area (Å²) in [6.07, 6.45) is 9.02. The van der Waals surface area contributed by atoms with Crippen molar-refractivity contribution >= 4 is 11.7 Å². The number of rotatable bonds is 5. The van der Waals surface area contributed by atoms with E-state index >= 15 is 0 Å². The summed E-state index contributed by atoms with van der Waals surface area (Å²) < 4.78 is 0. The molecule has 1 saturated carbocycles. The Kier molecular flexibility index (Phi) is 6.62. The minimum atomic E-state index is 0.101. The number of nitrogens with zero attached hydrogens (tertiary/aromatic N) is 1. The number of benzene rings is 1. The second-order valence-corrected chi connectivity index (χ2v) is 7.54. The molecule has 1 saturated heterocycles. The molecule has 4 heteroatoms. The minimum absolute atomic E-state index is 0.101. The fraction of sp³-hybridized carbons (Fsp3) is 0.619. The molecule has 136 valence electrons. The normalized spacial score (nSPS) is 20.8. The van der Waals surface area contributed by atoms with Crippen molar-refractivity contribution in [1.29, 1.82) is 0 Å². The molecular formula is C21H30N2O2. The summed E-state index contributed by atoms with van der Waals surface area (Å²) in [7, 11) is 0. The minimum Gasteiger partial charge on any atom is -0.352 e. The molecule has 0 bridgehead atoms. The van der Waals surface area contributed by atoms with Crippen LogP contribution >= 0.6 is 0 Å². The van der Waals surface area contributed by atoms with Crippen LogP contribution in [0.4, 0.5) is 0 Å². The highest BCUT2D eigenvalue weighted by atomic mass is 16.2. The average Bonchev–Trinajstić information content (AvgIpc) is 2.91. The Morgan fingerprint density at radius 2 is 1.56 bits per heavy atom. The molecule has 1 aromatic carbocycles. The highest BCUT2D eigenvalue weighted by Gasteiger charge is 2.27. The molecule has 2 aliphatic rings. The quantitative estimate of drug-likeness (QED) is 0.659. The lowest BCUT2D eigenvalue weighted by Crippen LogP contribution is -2.45.